The molecule has 0 fully saturated rings. The number of rotatable bonds is 3. The van der Waals surface area contributed by atoms with Gasteiger partial charge in [0.25, 0.3) is 0 Å². The molecule has 6 nitrogen and oxygen atoms in total. The summed E-state index contributed by atoms with van der Waals surface area (Å²) in [5.41, 5.74) is 6.89. The van der Waals surface area contributed by atoms with Crippen molar-refractivity contribution >= 4 is 17.0 Å². The van der Waals surface area contributed by atoms with Crippen LogP contribution < -0.4 is 5.73 Å². The van der Waals surface area contributed by atoms with Crippen LogP contribution in [-0.2, 0) is 4.79 Å². The van der Waals surface area contributed by atoms with Crippen molar-refractivity contribution in [3.05, 3.63) is 24.0 Å². The van der Waals surface area contributed by atoms with E-state index in [0.717, 1.165) is 5.39 Å². The number of carboxylic acids is 1. The number of carbonyl (C=O) groups is 1. The number of pyridine rings is 1. The molecule has 6 heteroatoms. The summed E-state index contributed by atoms with van der Waals surface area (Å²) in [6.07, 6.45) is 1.49. The zero-order chi connectivity index (χ0) is 10.8. The van der Waals surface area contributed by atoms with Crippen LogP contribution in [0.25, 0.3) is 11.0 Å². The SMILES string of the molecule is NC(CC(=O)O)c1[nH]nc2ncccc12. The van der Waals surface area contributed by atoms with E-state index in [1.165, 1.54) is 0 Å². The summed E-state index contributed by atoms with van der Waals surface area (Å²) >= 11 is 0. The summed E-state index contributed by atoms with van der Waals surface area (Å²) in [6.45, 7) is 0. The third-order valence-electron chi connectivity index (χ3n) is 2.12. The molecule has 2 heterocycles. The highest BCUT2D eigenvalue weighted by molar-refractivity contribution is 5.78. The maximum Gasteiger partial charge on any atom is 0.305 e. The van der Waals surface area contributed by atoms with Crippen molar-refractivity contribution in [2.24, 2.45) is 5.73 Å². The first-order valence-electron chi connectivity index (χ1n) is 4.45. The molecule has 0 bridgehead atoms. The van der Waals surface area contributed by atoms with Gasteiger partial charge in [-0.3, -0.25) is 9.89 Å². The molecular weight excluding hydrogens is 196 g/mol. The topological polar surface area (TPSA) is 105 Å². The molecule has 0 saturated carbocycles. The van der Waals surface area contributed by atoms with E-state index in [9.17, 15) is 4.79 Å². The third-order valence-corrected chi connectivity index (χ3v) is 2.12. The van der Waals surface area contributed by atoms with Gasteiger partial charge in [0.2, 0.25) is 0 Å². The zero-order valence-electron chi connectivity index (χ0n) is 7.84. The van der Waals surface area contributed by atoms with Crippen molar-refractivity contribution in [1.29, 1.82) is 0 Å². The standard InChI is InChI=1S/C9H10N4O2/c10-6(4-7(14)15)8-5-2-1-3-11-9(5)13-12-8/h1-3,6H,4,10H2,(H,14,15)(H,11,12,13). The average molecular weight is 206 g/mol. The highest BCUT2D eigenvalue weighted by Gasteiger charge is 2.16. The van der Waals surface area contributed by atoms with Crippen LogP contribution in [0.3, 0.4) is 0 Å². The Morgan fingerprint density at radius 1 is 1.67 bits per heavy atom. The van der Waals surface area contributed by atoms with Crippen molar-refractivity contribution in [1.82, 2.24) is 15.2 Å². The number of aromatic nitrogens is 3. The van der Waals surface area contributed by atoms with Crippen molar-refractivity contribution in [3.63, 3.8) is 0 Å². The number of hydrogen-bond acceptors (Lipinski definition) is 4. The summed E-state index contributed by atoms with van der Waals surface area (Å²) in [4.78, 5) is 14.5. The van der Waals surface area contributed by atoms with E-state index in [2.05, 4.69) is 15.2 Å². The number of hydrogen-bond donors (Lipinski definition) is 3. The zero-order valence-corrected chi connectivity index (χ0v) is 7.84. The summed E-state index contributed by atoms with van der Waals surface area (Å²) in [5.74, 6) is -0.936. The van der Waals surface area contributed by atoms with Crippen LogP contribution in [0.15, 0.2) is 18.3 Å². The highest BCUT2D eigenvalue weighted by atomic mass is 16.4. The Kier molecular flexibility index (Phi) is 2.34. The minimum Gasteiger partial charge on any atom is -0.481 e. The quantitative estimate of drug-likeness (QED) is 0.675. The Bertz CT molecular complexity index is 494. The molecular formula is C9H10N4O2. The second-order valence-corrected chi connectivity index (χ2v) is 3.22. The Morgan fingerprint density at radius 3 is 3.20 bits per heavy atom. The fourth-order valence-electron chi connectivity index (χ4n) is 1.44. The molecule has 1 atom stereocenters. The van der Waals surface area contributed by atoms with Crippen LogP contribution in [0, 0.1) is 0 Å². The number of H-pyrrole nitrogens is 1. The Morgan fingerprint density at radius 2 is 2.47 bits per heavy atom. The molecule has 2 aromatic rings. The molecule has 0 spiro atoms. The number of carboxylic acid groups (broad SMARTS) is 1. The molecule has 2 rings (SSSR count). The maximum absolute atomic E-state index is 10.5. The van der Waals surface area contributed by atoms with Gasteiger partial charge in [0, 0.05) is 11.6 Å². The summed E-state index contributed by atoms with van der Waals surface area (Å²) < 4.78 is 0. The fourth-order valence-corrected chi connectivity index (χ4v) is 1.44. The van der Waals surface area contributed by atoms with Gasteiger partial charge in [0.1, 0.15) is 0 Å². The average Bonchev–Trinajstić information content (AvgIpc) is 2.59. The predicted octanol–water partition coefficient (Wildman–Crippen LogP) is 0.432. The van der Waals surface area contributed by atoms with Crippen molar-refractivity contribution < 1.29 is 9.90 Å². The normalized spacial score (nSPS) is 12.9. The number of nitrogens with one attached hydrogen (secondary N) is 1. The first kappa shape index (κ1) is 9.60. The van der Waals surface area contributed by atoms with E-state index >= 15 is 0 Å². The van der Waals surface area contributed by atoms with Crippen LogP contribution >= 0.6 is 0 Å². The van der Waals surface area contributed by atoms with Gasteiger partial charge in [-0.1, -0.05) is 0 Å². The highest BCUT2D eigenvalue weighted by Crippen LogP contribution is 2.20. The minimum atomic E-state index is -0.936. The van der Waals surface area contributed by atoms with Gasteiger partial charge in [0.05, 0.1) is 18.2 Å². The summed E-state index contributed by atoms with van der Waals surface area (Å²) in [5, 5.41) is 16.1. The lowest BCUT2D eigenvalue weighted by atomic mass is 10.1. The lowest BCUT2D eigenvalue weighted by Crippen LogP contribution is -2.15. The van der Waals surface area contributed by atoms with Crippen LogP contribution in [-0.4, -0.2) is 26.3 Å². The molecule has 0 aliphatic rings. The van der Waals surface area contributed by atoms with Crippen molar-refractivity contribution in [3.8, 4) is 0 Å². The number of nitrogens with two attached hydrogens (primary N) is 1. The van der Waals surface area contributed by atoms with Crippen LogP contribution in [0.1, 0.15) is 18.2 Å². The number of nitrogens with zero attached hydrogens (tertiary/aromatic N) is 2. The minimum absolute atomic E-state index is 0.133. The first-order valence-corrected chi connectivity index (χ1v) is 4.45. The third kappa shape index (κ3) is 1.79. The molecule has 2 aromatic heterocycles. The van der Waals surface area contributed by atoms with Gasteiger partial charge in [-0.2, -0.15) is 5.10 Å². The van der Waals surface area contributed by atoms with Crippen LogP contribution in [0.5, 0.6) is 0 Å². The van der Waals surface area contributed by atoms with E-state index < -0.39 is 12.0 Å². The van der Waals surface area contributed by atoms with E-state index in [1.54, 1.807) is 12.3 Å². The van der Waals surface area contributed by atoms with Crippen LogP contribution in [0.4, 0.5) is 0 Å². The lowest BCUT2D eigenvalue weighted by molar-refractivity contribution is -0.137. The molecule has 4 N–H and O–H groups in total. The molecule has 0 aliphatic carbocycles. The van der Waals surface area contributed by atoms with Gasteiger partial charge < -0.3 is 10.8 Å². The first-order chi connectivity index (χ1) is 7.18. The van der Waals surface area contributed by atoms with Gasteiger partial charge in [0.15, 0.2) is 5.65 Å². The predicted molar refractivity (Wildman–Crippen MR) is 53.1 cm³/mol. The lowest BCUT2D eigenvalue weighted by Gasteiger charge is -2.05. The van der Waals surface area contributed by atoms with E-state index in [-0.39, 0.29) is 6.42 Å². The second-order valence-electron chi connectivity index (χ2n) is 3.22. The molecule has 78 valence electrons. The van der Waals surface area contributed by atoms with Crippen molar-refractivity contribution in [2.45, 2.75) is 12.5 Å². The molecule has 0 aliphatic heterocycles. The maximum atomic E-state index is 10.5. The number of fused-ring (bicyclic) bond motifs is 1. The van der Waals surface area contributed by atoms with E-state index in [0.29, 0.717) is 11.3 Å². The molecule has 15 heavy (non-hydrogen) atoms. The molecule has 0 saturated heterocycles. The summed E-state index contributed by atoms with van der Waals surface area (Å²) in [7, 11) is 0. The number of aliphatic carboxylic acids is 1. The molecule has 0 radical (unpaired) electrons. The monoisotopic (exact) mass is 206 g/mol. The fraction of sp³-hybridized carbons (Fsp3) is 0.222. The van der Waals surface area contributed by atoms with Gasteiger partial charge >= 0.3 is 5.97 Å². The molecule has 0 aromatic carbocycles. The van der Waals surface area contributed by atoms with Gasteiger partial charge in [-0.15, -0.1) is 0 Å². The van der Waals surface area contributed by atoms with Gasteiger partial charge in [-0.25, -0.2) is 4.98 Å². The molecule has 1 unspecified atom stereocenters. The van der Waals surface area contributed by atoms with Crippen LogP contribution in [0.2, 0.25) is 0 Å². The Labute approximate surface area is 85.1 Å². The van der Waals surface area contributed by atoms with E-state index in [4.69, 9.17) is 10.8 Å². The second kappa shape index (κ2) is 3.66. The number of aromatic amines is 1. The van der Waals surface area contributed by atoms with Gasteiger partial charge in [-0.05, 0) is 12.1 Å². The Hall–Kier alpha value is -1.95. The summed E-state index contributed by atoms with van der Waals surface area (Å²) in [6, 6.07) is 2.98. The van der Waals surface area contributed by atoms with Crippen molar-refractivity contribution in [2.75, 3.05) is 0 Å². The molecule has 0 amide bonds. The largest absolute Gasteiger partial charge is 0.481 e. The van der Waals surface area contributed by atoms with E-state index in [1.807, 2.05) is 6.07 Å². The Balaban J connectivity index is 2.39. The smallest absolute Gasteiger partial charge is 0.305 e.